The number of carboxylic acid groups (broad SMARTS) is 1. The van der Waals surface area contributed by atoms with E-state index in [0.29, 0.717) is 5.69 Å². The van der Waals surface area contributed by atoms with Gasteiger partial charge in [0.1, 0.15) is 0 Å². The van der Waals surface area contributed by atoms with Crippen LogP contribution >= 0.6 is 0 Å². The Morgan fingerprint density at radius 3 is 2.20 bits per heavy atom. The van der Waals surface area contributed by atoms with E-state index in [1.165, 1.54) is 24.3 Å². The predicted molar refractivity (Wildman–Crippen MR) is 54.2 cm³/mol. The molecule has 0 heterocycles. The van der Waals surface area contributed by atoms with Crippen LogP contribution in [0.4, 0.5) is 5.69 Å². The van der Waals surface area contributed by atoms with Crippen LogP contribution in [-0.4, -0.2) is 22.5 Å². The summed E-state index contributed by atoms with van der Waals surface area (Å²) in [6.07, 6.45) is 1.14. The summed E-state index contributed by atoms with van der Waals surface area (Å²) < 4.78 is 0. The van der Waals surface area contributed by atoms with Crippen LogP contribution in [0, 0.1) is 0 Å². The SMILES string of the molecule is C=CC(=O)Nc1ccc(C(=O)O)cc1.[OH]. The first-order valence-electron chi connectivity index (χ1n) is 3.90. The Kier molecular flexibility index (Phi) is 4.77. The number of carbonyl (C=O) groups excluding carboxylic acids is 1. The maximum Gasteiger partial charge on any atom is 0.335 e. The lowest BCUT2D eigenvalue weighted by atomic mass is 10.2. The van der Waals surface area contributed by atoms with Crippen molar-refractivity contribution in [2.45, 2.75) is 0 Å². The van der Waals surface area contributed by atoms with Crippen LogP contribution in [0.25, 0.3) is 0 Å². The van der Waals surface area contributed by atoms with Gasteiger partial charge in [-0.05, 0) is 30.3 Å². The number of aromatic carboxylic acids is 1. The van der Waals surface area contributed by atoms with Crippen LogP contribution in [0.2, 0.25) is 0 Å². The van der Waals surface area contributed by atoms with Crippen LogP contribution in [0.1, 0.15) is 10.4 Å². The third-order valence-corrected chi connectivity index (χ3v) is 1.58. The number of hydrogen-bond donors (Lipinski definition) is 3. The quantitative estimate of drug-likeness (QED) is 0.653. The highest BCUT2D eigenvalue weighted by atomic mass is 16.4. The molecule has 0 atom stereocenters. The highest BCUT2D eigenvalue weighted by Gasteiger charge is 2.02. The van der Waals surface area contributed by atoms with E-state index in [0.717, 1.165) is 6.08 Å². The van der Waals surface area contributed by atoms with Gasteiger partial charge in [0, 0.05) is 5.69 Å². The third-order valence-electron chi connectivity index (χ3n) is 1.58. The zero-order valence-electron chi connectivity index (χ0n) is 7.80. The van der Waals surface area contributed by atoms with Gasteiger partial charge in [-0.3, -0.25) is 10.3 Å². The second kappa shape index (κ2) is 5.56. The Morgan fingerprint density at radius 2 is 1.80 bits per heavy atom. The number of amides is 1. The lowest BCUT2D eigenvalue weighted by Gasteiger charge is -2.01. The molecule has 1 rings (SSSR count). The zero-order chi connectivity index (χ0) is 10.6. The maximum atomic E-state index is 10.9. The fourth-order valence-corrected chi connectivity index (χ4v) is 0.889. The lowest BCUT2D eigenvalue weighted by Crippen LogP contribution is -2.07. The van der Waals surface area contributed by atoms with Crippen molar-refractivity contribution in [1.29, 1.82) is 0 Å². The summed E-state index contributed by atoms with van der Waals surface area (Å²) in [6.45, 7) is 3.30. The van der Waals surface area contributed by atoms with E-state index in [1.807, 2.05) is 0 Å². The summed E-state index contributed by atoms with van der Waals surface area (Å²) in [5.74, 6) is -1.32. The first-order chi connectivity index (χ1) is 6.63. The van der Waals surface area contributed by atoms with Gasteiger partial charge in [-0.2, -0.15) is 0 Å². The Balaban J connectivity index is 0.00000196. The minimum atomic E-state index is -0.994. The number of nitrogens with one attached hydrogen (secondary N) is 1. The second-order valence-electron chi connectivity index (χ2n) is 2.58. The van der Waals surface area contributed by atoms with Crippen molar-refractivity contribution in [3.8, 4) is 0 Å². The lowest BCUT2D eigenvalue weighted by molar-refractivity contribution is -0.111. The fourth-order valence-electron chi connectivity index (χ4n) is 0.889. The van der Waals surface area contributed by atoms with Crippen molar-refractivity contribution < 1.29 is 20.2 Å². The van der Waals surface area contributed by atoms with Crippen molar-refractivity contribution in [3.05, 3.63) is 42.5 Å². The second-order valence-corrected chi connectivity index (χ2v) is 2.58. The molecule has 15 heavy (non-hydrogen) atoms. The molecule has 0 aromatic heterocycles. The molecule has 3 N–H and O–H groups in total. The summed E-state index contributed by atoms with van der Waals surface area (Å²) in [7, 11) is 0. The molecule has 0 saturated heterocycles. The maximum absolute atomic E-state index is 10.9. The molecule has 5 heteroatoms. The van der Waals surface area contributed by atoms with Crippen molar-refractivity contribution in [2.24, 2.45) is 0 Å². The van der Waals surface area contributed by atoms with E-state index >= 15 is 0 Å². The molecule has 0 aliphatic rings. The Morgan fingerprint density at radius 1 is 1.27 bits per heavy atom. The van der Waals surface area contributed by atoms with Gasteiger partial charge in [0.2, 0.25) is 5.91 Å². The van der Waals surface area contributed by atoms with E-state index in [4.69, 9.17) is 5.11 Å². The molecular formula is C10H10NO4. The highest BCUT2D eigenvalue weighted by molar-refractivity contribution is 5.99. The monoisotopic (exact) mass is 208 g/mol. The Hall–Kier alpha value is -2.14. The van der Waals surface area contributed by atoms with Crippen LogP contribution in [-0.2, 0) is 4.79 Å². The smallest absolute Gasteiger partial charge is 0.335 e. The van der Waals surface area contributed by atoms with Crippen molar-refractivity contribution >= 4 is 17.6 Å². The van der Waals surface area contributed by atoms with Crippen LogP contribution in [0.5, 0.6) is 0 Å². The molecule has 5 nitrogen and oxygen atoms in total. The molecule has 0 saturated carbocycles. The first-order valence-corrected chi connectivity index (χ1v) is 3.90. The fraction of sp³-hybridized carbons (Fsp3) is 0. The average Bonchev–Trinajstić information content (AvgIpc) is 2.18. The van der Waals surface area contributed by atoms with E-state index in [1.54, 1.807) is 0 Å². The molecule has 0 aliphatic heterocycles. The summed E-state index contributed by atoms with van der Waals surface area (Å²) in [6, 6.07) is 5.87. The molecular weight excluding hydrogens is 198 g/mol. The number of hydrogen-bond acceptors (Lipinski definition) is 2. The number of carboxylic acids is 1. The van der Waals surface area contributed by atoms with Gasteiger partial charge < -0.3 is 10.4 Å². The van der Waals surface area contributed by atoms with Crippen LogP contribution in [0.3, 0.4) is 0 Å². The molecule has 1 aromatic carbocycles. The summed E-state index contributed by atoms with van der Waals surface area (Å²) in [5, 5.41) is 11.1. The van der Waals surface area contributed by atoms with Gasteiger partial charge in [0.15, 0.2) is 0 Å². The molecule has 0 aliphatic carbocycles. The minimum Gasteiger partial charge on any atom is -0.478 e. The predicted octanol–water partition coefficient (Wildman–Crippen LogP) is 1.33. The summed E-state index contributed by atoms with van der Waals surface area (Å²) in [4.78, 5) is 21.3. The van der Waals surface area contributed by atoms with Crippen molar-refractivity contribution in [2.75, 3.05) is 5.32 Å². The average molecular weight is 208 g/mol. The topological polar surface area (TPSA) is 96.4 Å². The number of benzene rings is 1. The number of anilines is 1. The van der Waals surface area contributed by atoms with Crippen molar-refractivity contribution in [3.63, 3.8) is 0 Å². The van der Waals surface area contributed by atoms with Gasteiger partial charge in [0.25, 0.3) is 0 Å². The first kappa shape index (κ1) is 12.9. The van der Waals surface area contributed by atoms with E-state index in [9.17, 15) is 9.59 Å². The van der Waals surface area contributed by atoms with E-state index in [2.05, 4.69) is 11.9 Å². The number of rotatable bonds is 3. The van der Waals surface area contributed by atoms with E-state index in [-0.39, 0.29) is 16.9 Å². The van der Waals surface area contributed by atoms with Gasteiger partial charge in [0.05, 0.1) is 5.56 Å². The molecule has 0 unspecified atom stereocenters. The Bertz CT molecular complexity index is 370. The van der Waals surface area contributed by atoms with Gasteiger partial charge in [-0.15, -0.1) is 0 Å². The molecule has 1 aromatic rings. The largest absolute Gasteiger partial charge is 0.478 e. The zero-order valence-corrected chi connectivity index (χ0v) is 7.80. The minimum absolute atomic E-state index is 0. The third kappa shape index (κ3) is 3.61. The van der Waals surface area contributed by atoms with E-state index < -0.39 is 5.97 Å². The molecule has 1 radical (unpaired) electrons. The van der Waals surface area contributed by atoms with Crippen LogP contribution in [0.15, 0.2) is 36.9 Å². The molecule has 0 bridgehead atoms. The molecule has 79 valence electrons. The highest BCUT2D eigenvalue weighted by Crippen LogP contribution is 2.09. The van der Waals surface area contributed by atoms with Gasteiger partial charge >= 0.3 is 5.97 Å². The Labute approximate surface area is 86.3 Å². The standard InChI is InChI=1S/C10H9NO3.HO/c1-2-9(12)11-8-5-3-7(4-6-8)10(13)14;/h2-6H,1H2,(H,11,12)(H,13,14);1H. The van der Waals surface area contributed by atoms with Crippen molar-refractivity contribution in [1.82, 2.24) is 0 Å². The molecule has 0 spiro atoms. The van der Waals surface area contributed by atoms with Gasteiger partial charge in [-0.25, -0.2) is 4.79 Å². The van der Waals surface area contributed by atoms with Crippen LogP contribution < -0.4 is 5.32 Å². The summed E-state index contributed by atoms with van der Waals surface area (Å²) in [5.41, 5.74) is 0.724. The normalized spacial score (nSPS) is 8.53. The summed E-state index contributed by atoms with van der Waals surface area (Å²) >= 11 is 0. The van der Waals surface area contributed by atoms with Gasteiger partial charge in [-0.1, -0.05) is 6.58 Å². The number of carbonyl (C=O) groups is 2. The molecule has 1 amide bonds. The molecule has 0 fully saturated rings.